The first kappa shape index (κ1) is 19.1. The van der Waals surface area contributed by atoms with Crippen molar-refractivity contribution in [3.63, 3.8) is 0 Å². The maximum atomic E-state index is 14.5. The highest BCUT2D eigenvalue weighted by Crippen LogP contribution is 2.43. The highest BCUT2D eigenvalue weighted by molar-refractivity contribution is 5.71. The lowest BCUT2D eigenvalue weighted by Crippen LogP contribution is -2.24. The molecule has 0 saturated carbocycles. The largest absolute Gasteiger partial charge is 0.257 e. The van der Waals surface area contributed by atoms with Crippen molar-refractivity contribution in [2.45, 2.75) is 40.5 Å². The van der Waals surface area contributed by atoms with Gasteiger partial charge in [0.1, 0.15) is 11.9 Å². The van der Waals surface area contributed by atoms with Crippen LogP contribution in [0.5, 0.6) is 0 Å². The Labute approximate surface area is 150 Å². The molecule has 1 aliphatic rings. The Morgan fingerprint density at radius 3 is 2.64 bits per heavy atom. The Kier molecular flexibility index (Phi) is 6.70. The number of hydrogen-bond donors (Lipinski definition) is 0. The first-order valence-electron chi connectivity index (χ1n) is 9.07. The number of aromatic nitrogens is 1. The van der Waals surface area contributed by atoms with Crippen molar-refractivity contribution in [2.75, 3.05) is 0 Å². The third-order valence-electron chi connectivity index (χ3n) is 4.96. The van der Waals surface area contributed by atoms with E-state index in [1.54, 1.807) is 12.3 Å². The summed E-state index contributed by atoms with van der Waals surface area (Å²) in [4.78, 5) is 4.46. The molecule has 1 aromatic heterocycles. The van der Waals surface area contributed by atoms with Gasteiger partial charge >= 0.3 is 0 Å². The maximum Gasteiger partial charge on any atom is 0.118 e. The first-order valence-corrected chi connectivity index (χ1v) is 9.07. The molecule has 0 N–H and O–H groups in total. The van der Waals surface area contributed by atoms with Gasteiger partial charge in [0.15, 0.2) is 0 Å². The summed E-state index contributed by atoms with van der Waals surface area (Å²) < 4.78 is 14.5. The normalized spacial score (nSPS) is 20.5. The first-order chi connectivity index (χ1) is 12.0. The van der Waals surface area contributed by atoms with E-state index in [9.17, 15) is 9.65 Å². The van der Waals surface area contributed by atoms with Crippen LogP contribution in [0.4, 0.5) is 4.39 Å². The van der Waals surface area contributed by atoms with Gasteiger partial charge in [-0.25, -0.2) is 4.39 Å². The lowest BCUT2D eigenvalue weighted by molar-refractivity contribution is 0.322. The molecule has 0 aromatic carbocycles. The summed E-state index contributed by atoms with van der Waals surface area (Å²) in [5.74, 6) is 0.776. The average molecular weight is 338 g/mol. The summed E-state index contributed by atoms with van der Waals surface area (Å²) in [6.07, 6.45) is 9.18. The monoisotopic (exact) mass is 338 g/mol. The summed E-state index contributed by atoms with van der Waals surface area (Å²) in [5.41, 5.74) is 1.93. The lowest BCUT2D eigenvalue weighted by atomic mass is 9.71. The van der Waals surface area contributed by atoms with Crippen molar-refractivity contribution in [3.05, 3.63) is 59.7 Å². The second kappa shape index (κ2) is 8.76. The zero-order valence-corrected chi connectivity index (χ0v) is 15.5. The molecular formula is C22H27FN2. The van der Waals surface area contributed by atoms with Crippen molar-refractivity contribution < 1.29 is 4.39 Å². The van der Waals surface area contributed by atoms with Crippen LogP contribution in [0.1, 0.15) is 46.2 Å². The van der Waals surface area contributed by atoms with E-state index >= 15 is 0 Å². The molecule has 3 atom stereocenters. The van der Waals surface area contributed by atoms with Crippen LogP contribution in [0.25, 0.3) is 5.57 Å². The van der Waals surface area contributed by atoms with Crippen LogP contribution >= 0.6 is 0 Å². The average Bonchev–Trinajstić information content (AvgIpc) is 2.62. The number of nitriles is 1. The Hall–Kier alpha value is -2.21. The van der Waals surface area contributed by atoms with E-state index in [1.807, 2.05) is 24.3 Å². The summed E-state index contributed by atoms with van der Waals surface area (Å²) in [7, 11) is 0. The smallest absolute Gasteiger partial charge is 0.118 e. The van der Waals surface area contributed by atoms with Gasteiger partial charge in [-0.05, 0) is 47.5 Å². The van der Waals surface area contributed by atoms with Crippen LogP contribution in [-0.2, 0) is 0 Å². The molecule has 132 valence electrons. The Bertz CT molecular complexity index is 707. The highest BCUT2D eigenvalue weighted by atomic mass is 19.1. The summed E-state index contributed by atoms with van der Waals surface area (Å²) in [6.45, 7) is 8.68. The summed E-state index contributed by atoms with van der Waals surface area (Å²) >= 11 is 0. The Morgan fingerprint density at radius 2 is 2.08 bits per heavy atom. The quantitative estimate of drug-likeness (QED) is 0.587. The Balaban J connectivity index is 2.50. The zero-order chi connectivity index (χ0) is 18.4. The van der Waals surface area contributed by atoms with Gasteiger partial charge in [0.25, 0.3) is 0 Å². The highest BCUT2D eigenvalue weighted by Gasteiger charge is 2.33. The van der Waals surface area contributed by atoms with Crippen molar-refractivity contribution in [1.82, 2.24) is 4.98 Å². The molecule has 0 spiro atoms. The molecule has 0 saturated heterocycles. The van der Waals surface area contributed by atoms with E-state index < -0.39 is 0 Å². The van der Waals surface area contributed by atoms with Crippen molar-refractivity contribution >= 4 is 5.57 Å². The number of nitrogens with zero attached hydrogens (tertiary/aromatic N) is 2. The number of rotatable bonds is 6. The molecule has 0 fully saturated rings. The van der Waals surface area contributed by atoms with Crippen molar-refractivity contribution in [3.8, 4) is 6.07 Å². The fourth-order valence-electron chi connectivity index (χ4n) is 3.33. The van der Waals surface area contributed by atoms with E-state index in [-0.39, 0.29) is 29.7 Å². The van der Waals surface area contributed by atoms with Gasteiger partial charge in [0.05, 0.1) is 11.3 Å². The van der Waals surface area contributed by atoms with E-state index in [2.05, 4.69) is 44.8 Å². The molecule has 0 radical (unpaired) electrons. The number of allylic oxidation sites excluding steroid dienone is 6. The Morgan fingerprint density at radius 1 is 1.32 bits per heavy atom. The van der Waals surface area contributed by atoms with Crippen LogP contribution in [-0.4, -0.2) is 4.98 Å². The fraction of sp³-hybridized carbons (Fsp3) is 0.455. The summed E-state index contributed by atoms with van der Waals surface area (Å²) in [6, 6.07) is 7.73. The number of hydrogen-bond acceptors (Lipinski definition) is 2. The van der Waals surface area contributed by atoms with Crippen LogP contribution in [0.3, 0.4) is 0 Å². The van der Waals surface area contributed by atoms with Crippen molar-refractivity contribution in [1.29, 1.82) is 5.26 Å². The topological polar surface area (TPSA) is 36.7 Å². The predicted octanol–water partition coefficient (Wildman–Crippen LogP) is 6.11. The fourth-order valence-corrected chi connectivity index (χ4v) is 3.33. The SMILES string of the molecule is CCC(C)C(C=CC(C)C)C1CC(F)=C(C#N)C=C1c1ccccn1. The van der Waals surface area contributed by atoms with Crippen molar-refractivity contribution in [2.24, 2.45) is 23.7 Å². The molecule has 2 rings (SSSR count). The van der Waals surface area contributed by atoms with Crippen LogP contribution < -0.4 is 0 Å². The third-order valence-corrected chi connectivity index (χ3v) is 4.96. The van der Waals surface area contributed by atoms with Gasteiger partial charge in [-0.2, -0.15) is 5.26 Å². The molecule has 0 aliphatic heterocycles. The van der Waals surface area contributed by atoms with Crippen LogP contribution in [0, 0.1) is 35.0 Å². The predicted molar refractivity (Wildman–Crippen MR) is 101 cm³/mol. The second-order valence-electron chi connectivity index (χ2n) is 7.15. The summed E-state index contributed by atoms with van der Waals surface area (Å²) in [5, 5.41) is 9.26. The molecular weight excluding hydrogens is 311 g/mol. The molecule has 1 aromatic rings. The lowest BCUT2D eigenvalue weighted by Gasteiger charge is -2.33. The molecule has 3 heteroatoms. The van der Waals surface area contributed by atoms with E-state index in [0.29, 0.717) is 11.8 Å². The van der Waals surface area contributed by atoms with Crippen LogP contribution in [0.2, 0.25) is 0 Å². The zero-order valence-electron chi connectivity index (χ0n) is 15.5. The van der Waals surface area contributed by atoms with Gasteiger partial charge < -0.3 is 0 Å². The molecule has 3 unspecified atom stereocenters. The van der Waals surface area contributed by atoms with E-state index in [4.69, 9.17) is 0 Å². The minimum absolute atomic E-state index is 0.00282. The number of halogens is 1. The van der Waals surface area contributed by atoms with Crippen LogP contribution in [0.15, 0.2) is 54.0 Å². The third kappa shape index (κ3) is 4.66. The molecule has 25 heavy (non-hydrogen) atoms. The van der Waals surface area contributed by atoms with Gasteiger partial charge in [0, 0.05) is 12.6 Å². The van der Waals surface area contributed by atoms with Gasteiger partial charge in [-0.1, -0.05) is 52.3 Å². The van der Waals surface area contributed by atoms with E-state index in [0.717, 1.165) is 17.7 Å². The van der Waals surface area contributed by atoms with Gasteiger partial charge in [-0.15, -0.1) is 0 Å². The molecule has 1 heterocycles. The molecule has 0 amide bonds. The standard InChI is InChI=1S/C22H27FN2/c1-5-16(4)18(10-9-15(2)3)19-13-21(23)17(14-24)12-20(19)22-8-6-7-11-25-22/h6-12,15-16,18-19H,5,13H2,1-4H3. The molecule has 0 bridgehead atoms. The van der Waals surface area contributed by atoms with Gasteiger partial charge in [0.2, 0.25) is 0 Å². The number of pyridine rings is 1. The minimum Gasteiger partial charge on any atom is -0.257 e. The molecule has 1 aliphatic carbocycles. The second-order valence-corrected chi connectivity index (χ2v) is 7.15. The minimum atomic E-state index is -0.307. The van der Waals surface area contributed by atoms with Gasteiger partial charge in [-0.3, -0.25) is 4.98 Å². The molecule has 2 nitrogen and oxygen atoms in total. The van der Waals surface area contributed by atoms with E-state index in [1.165, 1.54) is 0 Å². The maximum absolute atomic E-state index is 14.5.